The van der Waals surface area contributed by atoms with Crippen molar-refractivity contribution in [2.75, 3.05) is 0 Å². The first-order chi connectivity index (χ1) is 16.7. The molecule has 0 aliphatic heterocycles. The lowest BCUT2D eigenvalue weighted by atomic mass is 9.97. The van der Waals surface area contributed by atoms with Crippen LogP contribution in [0.25, 0.3) is 28.7 Å². The molecule has 0 atom stereocenters. The van der Waals surface area contributed by atoms with Gasteiger partial charge in [0.05, 0.1) is 17.3 Å². The van der Waals surface area contributed by atoms with Gasteiger partial charge in [-0.1, -0.05) is 59.9 Å². The third kappa shape index (κ3) is 4.76. The van der Waals surface area contributed by atoms with Gasteiger partial charge in [-0.05, 0) is 42.5 Å². The molecule has 35 heavy (non-hydrogen) atoms. The average Bonchev–Trinajstić information content (AvgIpc) is 3.55. The van der Waals surface area contributed by atoms with Gasteiger partial charge in [0.25, 0.3) is 5.89 Å². The summed E-state index contributed by atoms with van der Waals surface area (Å²) in [5.74, 6) is 1.44. The third-order valence-corrected chi connectivity index (χ3v) is 6.35. The van der Waals surface area contributed by atoms with E-state index in [9.17, 15) is 0 Å². The predicted octanol–water partition coefficient (Wildman–Crippen LogP) is 6.60. The smallest absolute Gasteiger partial charge is 0.268 e. The summed E-state index contributed by atoms with van der Waals surface area (Å²) in [7, 11) is 0. The normalized spacial score (nSPS) is 11.8. The Balaban J connectivity index is 1.81. The first-order valence-electron chi connectivity index (χ1n) is 10.7. The summed E-state index contributed by atoms with van der Waals surface area (Å²) in [6.45, 7) is 6.40. The number of hydrogen-bond donors (Lipinski definition) is 0. The van der Waals surface area contributed by atoms with Gasteiger partial charge in [-0.25, -0.2) is 14.6 Å². The van der Waals surface area contributed by atoms with E-state index >= 15 is 0 Å². The molecular weight excluding hydrogens is 553 g/mol. The maximum atomic E-state index is 6.64. The standard InChI is InChI=1S/C24H20BrCl2N7O/c1-24(2,3)23-32-31-22(35-23)20-19(11-33-13-28-12-29-33)34(16-7-4-14(25)5-8-16)21(30-20)17-9-6-15(26)10-18(17)27/h4-10,12-13H,11H2,1-3H3. The fraction of sp³-hybridized carbons (Fsp3) is 0.208. The highest BCUT2D eigenvalue weighted by molar-refractivity contribution is 9.10. The largest absolute Gasteiger partial charge is 0.419 e. The average molecular weight is 573 g/mol. The minimum Gasteiger partial charge on any atom is -0.419 e. The van der Waals surface area contributed by atoms with Crippen molar-refractivity contribution >= 4 is 39.1 Å². The van der Waals surface area contributed by atoms with Crippen LogP contribution in [0.15, 0.2) is 64.0 Å². The summed E-state index contributed by atoms with van der Waals surface area (Å²) in [6.07, 6.45) is 3.13. The zero-order valence-corrected chi connectivity index (χ0v) is 22.2. The molecule has 0 amide bonds. The van der Waals surface area contributed by atoms with Crippen LogP contribution >= 0.6 is 39.1 Å². The van der Waals surface area contributed by atoms with Gasteiger partial charge in [-0.2, -0.15) is 5.10 Å². The van der Waals surface area contributed by atoms with E-state index in [1.54, 1.807) is 23.1 Å². The van der Waals surface area contributed by atoms with Crippen LogP contribution in [0.4, 0.5) is 0 Å². The van der Waals surface area contributed by atoms with Gasteiger partial charge >= 0.3 is 0 Å². The summed E-state index contributed by atoms with van der Waals surface area (Å²) < 4.78 is 10.8. The minimum atomic E-state index is -0.312. The molecule has 0 aliphatic carbocycles. The van der Waals surface area contributed by atoms with Gasteiger partial charge in [-0.3, -0.25) is 4.57 Å². The molecule has 178 valence electrons. The molecule has 0 aliphatic rings. The SMILES string of the molecule is CC(C)(C)c1nnc(-c2nc(-c3ccc(Cl)cc3Cl)n(-c3ccc(Br)cc3)c2Cn2cncn2)o1. The quantitative estimate of drug-likeness (QED) is 0.236. The lowest BCUT2D eigenvalue weighted by Gasteiger charge is -2.14. The van der Waals surface area contributed by atoms with Crippen LogP contribution in [0.2, 0.25) is 10.0 Å². The zero-order chi connectivity index (χ0) is 24.7. The van der Waals surface area contributed by atoms with E-state index in [0.29, 0.717) is 45.5 Å². The molecule has 0 spiro atoms. The number of halogens is 3. The van der Waals surface area contributed by atoms with Crippen molar-refractivity contribution in [1.82, 2.24) is 34.5 Å². The Bertz CT molecular complexity index is 1490. The fourth-order valence-corrected chi connectivity index (χ4v) is 4.34. The molecule has 0 radical (unpaired) electrons. The molecule has 3 heterocycles. The lowest BCUT2D eigenvalue weighted by molar-refractivity contribution is 0.398. The van der Waals surface area contributed by atoms with Crippen molar-refractivity contribution in [3.8, 4) is 28.7 Å². The molecule has 5 rings (SSSR count). The summed E-state index contributed by atoms with van der Waals surface area (Å²) in [5.41, 5.74) is 2.59. The van der Waals surface area contributed by atoms with Gasteiger partial charge in [0.2, 0.25) is 5.89 Å². The molecule has 0 saturated carbocycles. The highest BCUT2D eigenvalue weighted by atomic mass is 79.9. The third-order valence-electron chi connectivity index (χ3n) is 5.28. The van der Waals surface area contributed by atoms with E-state index < -0.39 is 0 Å². The molecular formula is C24H20BrCl2N7O. The first-order valence-corrected chi connectivity index (χ1v) is 12.3. The van der Waals surface area contributed by atoms with E-state index in [2.05, 4.69) is 36.2 Å². The van der Waals surface area contributed by atoms with Crippen LogP contribution in [-0.4, -0.2) is 34.5 Å². The Morgan fingerprint density at radius 3 is 2.43 bits per heavy atom. The van der Waals surface area contributed by atoms with E-state index in [0.717, 1.165) is 15.9 Å². The second-order valence-corrected chi connectivity index (χ2v) is 10.7. The van der Waals surface area contributed by atoms with Gasteiger partial charge in [0.1, 0.15) is 18.5 Å². The maximum Gasteiger partial charge on any atom is 0.268 e. The number of aromatic nitrogens is 7. The van der Waals surface area contributed by atoms with Crippen molar-refractivity contribution in [2.45, 2.75) is 32.7 Å². The summed E-state index contributed by atoms with van der Waals surface area (Å²) >= 11 is 16.3. The van der Waals surface area contributed by atoms with Gasteiger partial charge in [0.15, 0.2) is 5.69 Å². The number of benzene rings is 2. The van der Waals surface area contributed by atoms with E-state index in [4.69, 9.17) is 32.6 Å². The van der Waals surface area contributed by atoms with Crippen molar-refractivity contribution in [3.05, 3.63) is 81.2 Å². The Morgan fingerprint density at radius 1 is 1.03 bits per heavy atom. The predicted molar refractivity (Wildman–Crippen MR) is 138 cm³/mol. The molecule has 8 nitrogen and oxygen atoms in total. The molecule has 0 saturated heterocycles. The van der Waals surface area contributed by atoms with Crippen LogP contribution in [0.1, 0.15) is 32.4 Å². The van der Waals surface area contributed by atoms with E-state index in [1.807, 2.05) is 55.7 Å². The van der Waals surface area contributed by atoms with Gasteiger partial charge in [-0.15, -0.1) is 10.2 Å². The number of nitrogens with zero attached hydrogens (tertiary/aromatic N) is 7. The van der Waals surface area contributed by atoms with Crippen molar-refractivity contribution in [2.24, 2.45) is 0 Å². The second-order valence-electron chi connectivity index (χ2n) is 8.92. The van der Waals surface area contributed by atoms with Crippen molar-refractivity contribution in [3.63, 3.8) is 0 Å². The molecule has 3 aromatic heterocycles. The molecule has 11 heteroatoms. The van der Waals surface area contributed by atoms with E-state index in [-0.39, 0.29) is 5.41 Å². The summed E-state index contributed by atoms with van der Waals surface area (Å²) in [6, 6.07) is 13.2. The van der Waals surface area contributed by atoms with E-state index in [1.165, 1.54) is 6.33 Å². The first kappa shape index (κ1) is 23.7. The van der Waals surface area contributed by atoms with Crippen molar-refractivity contribution in [1.29, 1.82) is 0 Å². The molecule has 0 bridgehead atoms. The minimum absolute atomic E-state index is 0.312. The molecule has 0 N–H and O–H groups in total. The van der Waals surface area contributed by atoms with Crippen LogP contribution < -0.4 is 0 Å². The molecule has 5 aromatic rings. The number of rotatable bonds is 5. The summed E-state index contributed by atoms with van der Waals surface area (Å²) in [4.78, 5) is 9.07. The maximum absolute atomic E-state index is 6.64. The molecule has 2 aromatic carbocycles. The van der Waals surface area contributed by atoms with Gasteiger partial charge < -0.3 is 4.42 Å². The Kier molecular flexibility index (Phi) is 6.25. The number of hydrogen-bond acceptors (Lipinski definition) is 6. The van der Waals surface area contributed by atoms with Gasteiger partial charge in [0, 0.05) is 26.2 Å². The lowest BCUT2D eigenvalue weighted by Crippen LogP contribution is -2.11. The fourth-order valence-electron chi connectivity index (χ4n) is 3.58. The Labute approximate surface area is 220 Å². The topological polar surface area (TPSA) is 87.5 Å². The second kappa shape index (κ2) is 9.22. The van der Waals surface area contributed by atoms with Crippen LogP contribution in [0.5, 0.6) is 0 Å². The highest BCUT2D eigenvalue weighted by Crippen LogP contribution is 2.37. The molecule has 0 fully saturated rings. The summed E-state index contributed by atoms with van der Waals surface area (Å²) in [5, 5.41) is 13.9. The van der Waals surface area contributed by atoms with Crippen LogP contribution in [0, 0.1) is 0 Å². The Hall–Kier alpha value is -3.01. The highest BCUT2D eigenvalue weighted by Gasteiger charge is 2.28. The number of imidazole rings is 1. The zero-order valence-electron chi connectivity index (χ0n) is 19.1. The van der Waals surface area contributed by atoms with Crippen molar-refractivity contribution < 1.29 is 4.42 Å². The van der Waals surface area contributed by atoms with Crippen LogP contribution in [0.3, 0.4) is 0 Å². The van der Waals surface area contributed by atoms with Crippen LogP contribution in [-0.2, 0) is 12.0 Å². The molecule has 0 unspecified atom stereocenters. The Morgan fingerprint density at radius 2 is 1.80 bits per heavy atom. The monoisotopic (exact) mass is 571 g/mol.